The molecule has 0 fully saturated rings. The number of amides is 1. The fraction of sp³-hybridized carbons (Fsp3) is 0.174. The molecular weight excluding hydrogens is 554 g/mol. The van der Waals surface area contributed by atoms with Crippen molar-refractivity contribution < 1.29 is 31.5 Å². The summed E-state index contributed by atoms with van der Waals surface area (Å²) in [6.07, 6.45) is -0.138. The lowest BCUT2D eigenvalue weighted by molar-refractivity contribution is -0.385. The van der Waals surface area contributed by atoms with Gasteiger partial charge in [0.1, 0.15) is 6.04 Å². The van der Waals surface area contributed by atoms with Crippen LogP contribution in [0.3, 0.4) is 0 Å². The molecular formula is C23H23N5O9S2. The molecule has 0 spiro atoms. The van der Waals surface area contributed by atoms with Crippen molar-refractivity contribution in [3.05, 3.63) is 105 Å². The quantitative estimate of drug-likeness (QED) is 0.263. The molecule has 0 bridgehead atoms. The minimum absolute atomic E-state index is 0.138. The van der Waals surface area contributed by atoms with E-state index in [1.54, 1.807) is 30.3 Å². The zero-order valence-electron chi connectivity index (χ0n) is 20.6. The summed E-state index contributed by atoms with van der Waals surface area (Å²) in [5, 5.41) is 21.8. The van der Waals surface area contributed by atoms with Crippen LogP contribution in [0.5, 0.6) is 0 Å². The molecule has 0 heterocycles. The molecule has 3 aromatic rings. The van der Waals surface area contributed by atoms with Crippen molar-refractivity contribution in [3.63, 3.8) is 0 Å². The summed E-state index contributed by atoms with van der Waals surface area (Å²) in [6, 6.07) is 15.0. The molecule has 0 aliphatic heterocycles. The van der Waals surface area contributed by atoms with Gasteiger partial charge in [0.15, 0.2) is 0 Å². The number of hydrogen-bond acceptors (Lipinski definition) is 9. The predicted molar refractivity (Wildman–Crippen MR) is 138 cm³/mol. The second kappa shape index (κ2) is 11.6. The Balaban J connectivity index is 1.91. The molecule has 0 aliphatic rings. The summed E-state index contributed by atoms with van der Waals surface area (Å²) in [4.78, 5) is 33.1. The van der Waals surface area contributed by atoms with Gasteiger partial charge in [-0.1, -0.05) is 30.3 Å². The summed E-state index contributed by atoms with van der Waals surface area (Å²) >= 11 is 0. The van der Waals surface area contributed by atoms with Gasteiger partial charge in [-0.2, -0.15) is 4.31 Å². The van der Waals surface area contributed by atoms with Gasteiger partial charge in [-0.3, -0.25) is 30.4 Å². The van der Waals surface area contributed by atoms with E-state index < -0.39 is 41.8 Å². The molecule has 3 aromatic carbocycles. The van der Waals surface area contributed by atoms with Crippen LogP contribution in [0.2, 0.25) is 0 Å². The molecule has 1 atom stereocenters. The first kappa shape index (κ1) is 29.3. The van der Waals surface area contributed by atoms with Crippen molar-refractivity contribution >= 4 is 37.3 Å². The van der Waals surface area contributed by atoms with Crippen LogP contribution in [0.15, 0.2) is 88.7 Å². The number of nitro groups is 2. The number of nitrogens with zero attached hydrogens (tertiary/aromatic N) is 4. The van der Waals surface area contributed by atoms with Crippen molar-refractivity contribution in [2.24, 2.45) is 0 Å². The minimum Gasteiger partial charge on any atom is -0.274 e. The van der Waals surface area contributed by atoms with Crippen LogP contribution in [-0.4, -0.2) is 61.4 Å². The third kappa shape index (κ3) is 6.61. The van der Waals surface area contributed by atoms with Crippen LogP contribution in [0.25, 0.3) is 0 Å². The Labute approximate surface area is 223 Å². The van der Waals surface area contributed by atoms with Crippen LogP contribution < -0.4 is 5.43 Å². The van der Waals surface area contributed by atoms with Gasteiger partial charge in [-0.05, 0) is 36.2 Å². The van der Waals surface area contributed by atoms with Gasteiger partial charge in [-0.25, -0.2) is 16.8 Å². The van der Waals surface area contributed by atoms with Crippen LogP contribution in [-0.2, 0) is 31.3 Å². The van der Waals surface area contributed by atoms with Gasteiger partial charge in [-0.15, -0.1) is 4.41 Å². The number of benzene rings is 3. The Morgan fingerprint density at radius 1 is 0.769 bits per heavy atom. The summed E-state index contributed by atoms with van der Waals surface area (Å²) in [6.45, 7) is 0. The summed E-state index contributed by atoms with van der Waals surface area (Å²) in [5.74, 6) is -0.986. The number of non-ortho nitro benzene ring substituents is 2. The lowest BCUT2D eigenvalue weighted by Gasteiger charge is -2.28. The van der Waals surface area contributed by atoms with Gasteiger partial charge in [0, 0.05) is 38.4 Å². The van der Waals surface area contributed by atoms with E-state index in [-0.39, 0.29) is 27.6 Å². The Bertz CT molecular complexity index is 1580. The number of nitrogens with one attached hydrogen (secondary N) is 1. The minimum atomic E-state index is -4.36. The molecule has 0 aromatic heterocycles. The van der Waals surface area contributed by atoms with E-state index in [2.05, 4.69) is 5.43 Å². The second-order valence-corrected chi connectivity index (χ2v) is 12.1. The highest BCUT2D eigenvalue weighted by molar-refractivity contribution is 7.89. The van der Waals surface area contributed by atoms with E-state index in [9.17, 15) is 41.9 Å². The highest BCUT2D eigenvalue weighted by atomic mass is 32.2. The van der Waals surface area contributed by atoms with E-state index >= 15 is 0 Å². The zero-order valence-corrected chi connectivity index (χ0v) is 22.2. The average Bonchev–Trinajstić information content (AvgIpc) is 2.91. The fourth-order valence-corrected chi connectivity index (χ4v) is 5.81. The SMILES string of the molecule is CN(NC(=O)[C@H](Cc1ccccc1)N(C)S(=O)(=O)c1ccc([N+](=O)[O-])cc1)S(=O)(=O)c1ccc([N+](=O)[O-])cc1. The van der Waals surface area contributed by atoms with Gasteiger partial charge in [0.25, 0.3) is 27.3 Å². The molecule has 3 rings (SSSR count). The molecule has 0 radical (unpaired) electrons. The molecule has 16 heteroatoms. The number of likely N-dealkylation sites (N-methyl/N-ethyl adjacent to an activating group) is 1. The van der Waals surface area contributed by atoms with Crippen molar-refractivity contribution in [1.29, 1.82) is 0 Å². The average molecular weight is 578 g/mol. The molecule has 0 saturated heterocycles. The maximum Gasteiger partial charge on any atom is 0.269 e. The van der Waals surface area contributed by atoms with Crippen LogP contribution in [0.1, 0.15) is 5.56 Å². The summed E-state index contributed by atoms with van der Waals surface area (Å²) in [7, 11) is -6.57. The number of carbonyl (C=O) groups excluding carboxylic acids is 1. The van der Waals surface area contributed by atoms with Gasteiger partial charge in [0.05, 0.1) is 19.6 Å². The smallest absolute Gasteiger partial charge is 0.269 e. The second-order valence-electron chi connectivity index (χ2n) is 8.18. The van der Waals surface area contributed by atoms with Crippen molar-refractivity contribution in [2.45, 2.75) is 22.3 Å². The molecule has 14 nitrogen and oxygen atoms in total. The molecule has 39 heavy (non-hydrogen) atoms. The van der Waals surface area contributed by atoms with Crippen LogP contribution in [0, 0.1) is 20.2 Å². The Kier molecular flexibility index (Phi) is 8.75. The Morgan fingerprint density at radius 3 is 1.64 bits per heavy atom. The number of nitro benzene ring substituents is 2. The number of carbonyl (C=O) groups is 1. The van der Waals surface area contributed by atoms with Crippen molar-refractivity contribution in [3.8, 4) is 0 Å². The molecule has 206 valence electrons. The zero-order chi connectivity index (χ0) is 29.0. The largest absolute Gasteiger partial charge is 0.274 e. The summed E-state index contributed by atoms with van der Waals surface area (Å²) < 4.78 is 53.8. The van der Waals surface area contributed by atoms with Gasteiger partial charge >= 0.3 is 0 Å². The number of rotatable bonds is 11. The Hall–Kier alpha value is -4.25. The highest BCUT2D eigenvalue weighted by Gasteiger charge is 2.35. The van der Waals surface area contributed by atoms with E-state index in [4.69, 9.17) is 0 Å². The van der Waals surface area contributed by atoms with Crippen molar-refractivity contribution in [2.75, 3.05) is 14.1 Å². The first-order valence-electron chi connectivity index (χ1n) is 11.1. The van der Waals surface area contributed by atoms with E-state index in [0.29, 0.717) is 9.98 Å². The van der Waals surface area contributed by atoms with Gasteiger partial charge in [0.2, 0.25) is 10.0 Å². The van der Waals surface area contributed by atoms with E-state index in [0.717, 1.165) is 66.9 Å². The number of hydrogen-bond donors (Lipinski definition) is 1. The first-order valence-corrected chi connectivity index (χ1v) is 13.9. The molecule has 0 unspecified atom stereocenters. The number of sulfonamides is 2. The number of hydrazine groups is 1. The summed E-state index contributed by atoms with van der Waals surface area (Å²) in [5.41, 5.74) is 2.10. The molecule has 1 amide bonds. The standard InChI is InChI=1S/C23H23N5O9S2/c1-25(38(34,35)20-12-8-18(9-13-20)27(30)31)22(16-17-6-4-3-5-7-17)23(29)24-26(2)39(36,37)21-14-10-19(11-15-21)28(32)33/h3-15,22H,16H2,1-2H3,(H,24,29)/t22-/m0/s1. The molecule has 0 aliphatic carbocycles. The fourth-order valence-electron chi connectivity index (χ4n) is 3.49. The normalized spacial score (nSPS) is 12.7. The van der Waals surface area contributed by atoms with Crippen LogP contribution in [0.4, 0.5) is 11.4 Å². The highest BCUT2D eigenvalue weighted by Crippen LogP contribution is 2.23. The topological polar surface area (TPSA) is 190 Å². The van der Waals surface area contributed by atoms with E-state index in [1.807, 2.05) is 0 Å². The molecule has 1 N–H and O–H groups in total. The third-order valence-electron chi connectivity index (χ3n) is 5.71. The van der Waals surface area contributed by atoms with Crippen LogP contribution >= 0.6 is 0 Å². The lowest BCUT2D eigenvalue weighted by Crippen LogP contribution is -2.54. The van der Waals surface area contributed by atoms with Gasteiger partial charge < -0.3 is 0 Å². The Morgan fingerprint density at radius 2 is 1.21 bits per heavy atom. The monoisotopic (exact) mass is 577 g/mol. The predicted octanol–water partition coefficient (Wildman–Crippen LogP) is 2.09. The molecule has 0 saturated carbocycles. The maximum atomic E-state index is 13.3. The first-order chi connectivity index (χ1) is 18.2. The van der Waals surface area contributed by atoms with E-state index in [1.165, 1.54) is 0 Å². The maximum absolute atomic E-state index is 13.3. The third-order valence-corrected chi connectivity index (χ3v) is 9.27. The lowest BCUT2D eigenvalue weighted by atomic mass is 10.1. The van der Waals surface area contributed by atoms with Crippen molar-refractivity contribution in [1.82, 2.24) is 14.1 Å².